The molecule has 0 aliphatic carbocycles. The van der Waals surface area contributed by atoms with E-state index in [1.54, 1.807) is 12.3 Å². The molecule has 2 heterocycles. The van der Waals surface area contributed by atoms with Crippen molar-refractivity contribution in [2.45, 2.75) is 12.5 Å². The Kier molecular flexibility index (Phi) is 5.27. The maximum atomic E-state index is 6.22. The summed E-state index contributed by atoms with van der Waals surface area (Å²) in [5.41, 5.74) is 9.19. The first kappa shape index (κ1) is 18.2. The monoisotopic (exact) mass is 418 g/mol. The van der Waals surface area contributed by atoms with Crippen molar-refractivity contribution in [2.24, 2.45) is 5.73 Å². The molecule has 1 atom stereocenters. The van der Waals surface area contributed by atoms with Crippen LogP contribution in [0.1, 0.15) is 5.56 Å². The van der Waals surface area contributed by atoms with Crippen LogP contribution in [0.15, 0.2) is 42.6 Å². The smallest absolute Gasteiger partial charge is 0.206 e. The van der Waals surface area contributed by atoms with Gasteiger partial charge in [0, 0.05) is 33.6 Å². The number of nitrogens with one attached hydrogen (secondary N) is 2. The molecule has 0 saturated carbocycles. The van der Waals surface area contributed by atoms with Crippen molar-refractivity contribution < 1.29 is 0 Å². The predicted octanol–water partition coefficient (Wildman–Crippen LogP) is 4.37. The molecule has 0 saturated heterocycles. The lowest BCUT2D eigenvalue weighted by atomic mass is 10.1. The molecular formula is C18H16Cl2N6S. The zero-order chi connectivity index (χ0) is 18.8. The number of H-pyrrole nitrogens is 1. The highest BCUT2D eigenvalue weighted by molar-refractivity contribution is 7.18. The summed E-state index contributed by atoms with van der Waals surface area (Å²) in [4.78, 5) is 0. The summed E-state index contributed by atoms with van der Waals surface area (Å²) < 4.78 is 0. The number of halogens is 2. The SMILES string of the molecule is N[C@@H](CNc1nnc(-c2ccc3[nH]ncc3c2)s1)Cc1ccc(Cl)cc1Cl. The Morgan fingerprint density at radius 1 is 1.15 bits per heavy atom. The van der Waals surface area contributed by atoms with E-state index in [4.69, 9.17) is 28.9 Å². The molecule has 4 N–H and O–H groups in total. The van der Waals surface area contributed by atoms with Crippen LogP contribution in [0.5, 0.6) is 0 Å². The van der Waals surface area contributed by atoms with Crippen molar-refractivity contribution in [3.05, 3.63) is 58.2 Å². The zero-order valence-corrected chi connectivity index (χ0v) is 16.4. The van der Waals surface area contributed by atoms with Crippen molar-refractivity contribution in [1.82, 2.24) is 20.4 Å². The number of aromatic nitrogens is 4. The van der Waals surface area contributed by atoms with E-state index < -0.39 is 0 Å². The Balaban J connectivity index is 1.38. The number of anilines is 1. The Morgan fingerprint density at radius 2 is 2.04 bits per heavy atom. The van der Waals surface area contributed by atoms with Gasteiger partial charge in [0.1, 0.15) is 5.01 Å². The minimum absolute atomic E-state index is 0.113. The minimum atomic E-state index is -0.113. The van der Waals surface area contributed by atoms with Gasteiger partial charge < -0.3 is 11.1 Å². The van der Waals surface area contributed by atoms with E-state index in [0.717, 1.165) is 32.2 Å². The third-order valence-electron chi connectivity index (χ3n) is 4.12. The molecule has 138 valence electrons. The molecule has 0 fully saturated rings. The average molecular weight is 419 g/mol. The van der Waals surface area contributed by atoms with Crippen LogP contribution in [-0.4, -0.2) is 33.0 Å². The van der Waals surface area contributed by atoms with Gasteiger partial charge >= 0.3 is 0 Å². The number of aromatic amines is 1. The molecule has 0 amide bonds. The van der Waals surface area contributed by atoms with Gasteiger partial charge in [-0.1, -0.05) is 40.6 Å². The highest BCUT2D eigenvalue weighted by atomic mass is 35.5. The van der Waals surface area contributed by atoms with Crippen molar-refractivity contribution in [3.63, 3.8) is 0 Å². The second-order valence-corrected chi connectivity index (χ2v) is 7.99. The standard InChI is InChI=1S/C18H16Cl2N6S/c19-13-3-1-10(15(20)7-13)6-14(21)9-22-18-26-25-17(27-18)11-2-4-16-12(5-11)8-23-24-16/h1-5,7-8,14H,6,9,21H2,(H,22,26)(H,23,24)/t14-/m1/s1. The van der Waals surface area contributed by atoms with Gasteiger partial charge in [0.2, 0.25) is 5.13 Å². The van der Waals surface area contributed by atoms with Crippen LogP contribution >= 0.6 is 34.5 Å². The maximum Gasteiger partial charge on any atom is 0.206 e. The molecule has 0 aliphatic rings. The fourth-order valence-corrected chi connectivity index (χ4v) is 3.98. The van der Waals surface area contributed by atoms with Crippen molar-refractivity contribution >= 4 is 50.6 Å². The highest BCUT2D eigenvalue weighted by Gasteiger charge is 2.11. The zero-order valence-electron chi connectivity index (χ0n) is 14.1. The van der Waals surface area contributed by atoms with Gasteiger partial charge in [-0.15, -0.1) is 10.2 Å². The summed E-state index contributed by atoms with van der Waals surface area (Å²) in [5, 5.41) is 22.5. The quantitative estimate of drug-likeness (QED) is 0.432. The third-order valence-corrected chi connectivity index (χ3v) is 5.64. The van der Waals surface area contributed by atoms with E-state index in [9.17, 15) is 0 Å². The average Bonchev–Trinajstić information content (AvgIpc) is 3.30. The van der Waals surface area contributed by atoms with Gasteiger partial charge in [0.25, 0.3) is 0 Å². The molecular weight excluding hydrogens is 403 g/mol. The summed E-state index contributed by atoms with van der Waals surface area (Å²) in [5.74, 6) is 0. The van der Waals surface area contributed by atoms with E-state index in [2.05, 4.69) is 25.7 Å². The van der Waals surface area contributed by atoms with Crippen LogP contribution in [0.25, 0.3) is 21.5 Å². The topological polar surface area (TPSA) is 92.5 Å². The van der Waals surface area contributed by atoms with Gasteiger partial charge in [-0.2, -0.15) is 5.10 Å². The van der Waals surface area contributed by atoms with Crippen LogP contribution in [-0.2, 0) is 6.42 Å². The fourth-order valence-electron chi connectivity index (χ4n) is 2.75. The van der Waals surface area contributed by atoms with Crippen molar-refractivity contribution in [2.75, 3.05) is 11.9 Å². The number of nitrogens with two attached hydrogens (primary N) is 1. The van der Waals surface area contributed by atoms with E-state index in [-0.39, 0.29) is 6.04 Å². The molecule has 27 heavy (non-hydrogen) atoms. The number of nitrogens with zero attached hydrogens (tertiary/aromatic N) is 3. The number of rotatable bonds is 6. The molecule has 6 nitrogen and oxygen atoms in total. The third kappa shape index (κ3) is 4.22. The first-order valence-corrected chi connectivity index (χ1v) is 9.86. The number of benzene rings is 2. The van der Waals surface area contributed by atoms with E-state index in [1.807, 2.05) is 30.3 Å². The van der Waals surface area contributed by atoms with Gasteiger partial charge in [-0.25, -0.2) is 0 Å². The second kappa shape index (κ2) is 7.82. The van der Waals surface area contributed by atoms with Crippen LogP contribution in [0.2, 0.25) is 10.0 Å². The largest absolute Gasteiger partial charge is 0.359 e. The summed E-state index contributed by atoms with van der Waals surface area (Å²) in [6, 6.07) is 11.4. The molecule has 0 spiro atoms. The van der Waals surface area contributed by atoms with Gasteiger partial charge in [0.05, 0.1) is 11.7 Å². The summed E-state index contributed by atoms with van der Waals surface area (Å²) in [6.07, 6.45) is 2.44. The van der Waals surface area contributed by atoms with Crippen molar-refractivity contribution in [3.8, 4) is 10.6 Å². The highest BCUT2D eigenvalue weighted by Crippen LogP contribution is 2.28. The van der Waals surface area contributed by atoms with Crippen molar-refractivity contribution in [1.29, 1.82) is 0 Å². The first-order valence-electron chi connectivity index (χ1n) is 8.29. The Hall–Kier alpha value is -2.19. The summed E-state index contributed by atoms with van der Waals surface area (Å²) >= 11 is 13.6. The Labute approximate surface area is 169 Å². The first-order chi connectivity index (χ1) is 13.1. The summed E-state index contributed by atoms with van der Waals surface area (Å²) in [7, 11) is 0. The van der Waals surface area contributed by atoms with Crippen LogP contribution < -0.4 is 11.1 Å². The lowest BCUT2D eigenvalue weighted by molar-refractivity contribution is 0.698. The van der Waals surface area contributed by atoms with E-state index in [0.29, 0.717) is 23.0 Å². The summed E-state index contributed by atoms with van der Waals surface area (Å²) in [6.45, 7) is 0.564. The molecule has 2 aromatic carbocycles. The number of fused-ring (bicyclic) bond motifs is 1. The Morgan fingerprint density at radius 3 is 2.89 bits per heavy atom. The Bertz CT molecular complexity index is 1080. The van der Waals surface area contributed by atoms with Gasteiger partial charge in [-0.05, 0) is 42.3 Å². The predicted molar refractivity (Wildman–Crippen MR) is 112 cm³/mol. The molecule has 4 aromatic rings. The van der Waals surface area contributed by atoms with E-state index >= 15 is 0 Å². The fraction of sp³-hybridized carbons (Fsp3) is 0.167. The molecule has 2 aromatic heterocycles. The second-order valence-electron chi connectivity index (χ2n) is 6.17. The van der Waals surface area contributed by atoms with Gasteiger partial charge in [0.15, 0.2) is 0 Å². The molecule has 4 rings (SSSR count). The van der Waals surface area contributed by atoms with Crippen LogP contribution in [0.3, 0.4) is 0 Å². The number of hydrogen-bond donors (Lipinski definition) is 3. The maximum absolute atomic E-state index is 6.22. The lowest BCUT2D eigenvalue weighted by Crippen LogP contribution is -2.31. The number of hydrogen-bond acceptors (Lipinski definition) is 6. The van der Waals surface area contributed by atoms with E-state index in [1.165, 1.54) is 11.3 Å². The molecule has 0 radical (unpaired) electrons. The molecule has 0 bridgehead atoms. The minimum Gasteiger partial charge on any atom is -0.359 e. The molecule has 0 unspecified atom stereocenters. The normalized spacial score (nSPS) is 12.4. The van der Waals surface area contributed by atoms with Crippen LogP contribution in [0, 0.1) is 0 Å². The lowest BCUT2D eigenvalue weighted by Gasteiger charge is -2.13. The van der Waals surface area contributed by atoms with Crippen LogP contribution in [0.4, 0.5) is 5.13 Å². The molecule has 9 heteroatoms. The van der Waals surface area contributed by atoms with Gasteiger partial charge in [-0.3, -0.25) is 5.10 Å². The molecule has 0 aliphatic heterocycles.